The van der Waals surface area contributed by atoms with E-state index in [0.29, 0.717) is 0 Å². The van der Waals surface area contributed by atoms with Crippen molar-refractivity contribution in [3.63, 3.8) is 0 Å². The number of hydrogen-bond donors (Lipinski definition) is 1. The molecule has 0 spiro atoms. The van der Waals surface area contributed by atoms with Crippen LogP contribution < -0.4 is 5.32 Å². The number of guanidine groups is 1. The minimum absolute atomic E-state index is 0.196. The second-order valence-electron chi connectivity index (χ2n) is 7.07. The number of hydrogen-bond acceptors (Lipinski definition) is 2. The number of ether oxygens (including phenoxy) is 1. The lowest BCUT2D eigenvalue weighted by atomic mass is 9.90. The third kappa shape index (κ3) is 4.18. The Bertz CT molecular complexity index is 588. The second-order valence-corrected chi connectivity index (χ2v) is 7.07. The van der Waals surface area contributed by atoms with Crippen molar-refractivity contribution in [3.05, 3.63) is 42.0 Å². The van der Waals surface area contributed by atoms with Crippen LogP contribution >= 0.6 is 0 Å². The third-order valence-electron chi connectivity index (χ3n) is 4.90. The molecule has 1 atom stereocenters. The quantitative estimate of drug-likeness (QED) is 0.682. The van der Waals surface area contributed by atoms with E-state index in [0.717, 1.165) is 58.2 Å². The van der Waals surface area contributed by atoms with Crippen molar-refractivity contribution in [2.45, 2.75) is 26.7 Å². The lowest BCUT2D eigenvalue weighted by molar-refractivity contribution is 0.162. The molecule has 0 bridgehead atoms. The lowest BCUT2D eigenvalue weighted by Gasteiger charge is -2.30. The fourth-order valence-electron chi connectivity index (χ4n) is 3.30. The van der Waals surface area contributed by atoms with Gasteiger partial charge in [0.25, 0.3) is 0 Å². The number of nitrogens with one attached hydrogen (secondary N) is 1. The summed E-state index contributed by atoms with van der Waals surface area (Å²) in [5, 5.41) is 3.45. The van der Waals surface area contributed by atoms with Gasteiger partial charge in [-0.05, 0) is 30.9 Å². The first-order chi connectivity index (χ1) is 11.7. The first-order valence-electron chi connectivity index (χ1n) is 9.06. The Balaban J connectivity index is 1.66. The summed E-state index contributed by atoms with van der Waals surface area (Å²) in [7, 11) is 0. The summed E-state index contributed by atoms with van der Waals surface area (Å²) >= 11 is 0. The predicted molar refractivity (Wildman–Crippen MR) is 100 cm³/mol. The van der Waals surface area contributed by atoms with Crippen LogP contribution in [0.3, 0.4) is 0 Å². The van der Waals surface area contributed by atoms with Crippen molar-refractivity contribution in [2.24, 2.45) is 10.4 Å². The number of aliphatic imine (C=N–C) groups is 1. The van der Waals surface area contributed by atoms with E-state index in [4.69, 9.17) is 9.73 Å². The van der Waals surface area contributed by atoms with Gasteiger partial charge in [0, 0.05) is 31.7 Å². The normalized spacial score (nSPS) is 24.8. The third-order valence-corrected chi connectivity index (χ3v) is 4.90. The molecule has 2 heterocycles. The van der Waals surface area contributed by atoms with E-state index in [1.807, 2.05) is 0 Å². The molecular weight excluding hydrogens is 298 g/mol. The van der Waals surface area contributed by atoms with Gasteiger partial charge in [-0.1, -0.05) is 43.3 Å². The van der Waals surface area contributed by atoms with Crippen LogP contribution in [0.1, 0.15) is 32.3 Å². The molecular formula is C20H29N3O. The van der Waals surface area contributed by atoms with E-state index < -0.39 is 0 Å². The first-order valence-corrected chi connectivity index (χ1v) is 9.06. The molecule has 0 aromatic heterocycles. The Hall–Kier alpha value is -1.81. The van der Waals surface area contributed by atoms with Gasteiger partial charge in [-0.3, -0.25) is 4.99 Å². The predicted octanol–water partition coefficient (Wildman–Crippen LogP) is 3.17. The molecule has 1 aromatic carbocycles. The van der Waals surface area contributed by atoms with Gasteiger partial charge >= 0.3 is 0 Å². The van der Waals surface area contributed by atoms with Crippen LogP contribution in [-0.2, 0) is 4.74 Å². The summed E-state index contributed by atoms with van der Waals surface area (Å²) in [6, 6.07) is 10.7. The van der Waals surface area contributed by atoms with Gasteiger partial charge in [0.05, 0.1) is 13.2 Å². The van der Waals surface area contributed by atoms with Gasteiger partial charge in [0.15, 0.2) is 5.96 Å². The molecule has 2 aliphatic heterocycles. The van der Waals surface area contributed by atoms with Crippen LogP contribution in [0, 0.1) is 5.41 Å². The fraction of sp³-hybridized carbons (Fsp3) is 0.550. The van der Waals surface area contributed by atoms with E-state index in [9.17, 15) is 0 Å². The molecule has 4 heteroatoms. The number of nitrogens with zero attached hydrogens (tertiary/aromatic N) is 2. The summed E-state index contributed by atoms with van der Waals surface area (Å²) in [5.41, 5.74) is 2.98. The van der Waals surface area contributed by atoms with Crippen LogP contribution in [0.15, 0.2) is 41.4 Å². The summed E-state index contributed by atoms with van der Waals surface area (Å²) in [6.45, 7) is 9.77. The smallest absolute Gasteiger partial charge is 0.194 e. The maximum Gasteiger partial charge on any atom is 0.194 e. The van der Waals surface area contributed by atoms with Crippen molar-refractivity contribution in [3.8, 4) is 0 Å². The topological polar surface area (TPSA) is 36.9 Å². The van der Waals surface area contributed by atoms with Crippen molar-refractivity contribution in [1.29, 1.82) is 0 Å². The van der Waals surface area contributed by atoms with Gasteiger partial charge in [0.2, 0.25) is 0 Å². The second kappa shape index (κ2) is 7.84. The van der Waals surface area contributed by atoms with Crippen LogP contribution in [-0.4, -0.2) is 50.3 Å². The Kier molecular flexibility index (Phi) is 5.56. The van der Waals surface area contributed by atoms with E-state index in [1.165, 1.54) is 11.1 Å². The zero-order valence-corrected chi connectivity index (χ0v) is 14.9. The largest absolute Gasteiger partial charge is 0.381 e. The van der Waals surface area contributed by atoms with Gasteiger partial charge in [-0.2, -0.15) is 0 Å². The molecule has 1 unspecified atom stereocenters. The highest BCUT2D eigenvalue weighted by molar-refractivity contribution is 5.81. The molecule has 0 aliphatic carbocycles. The molecule has 0 saturated carbocycles. The van der Waals surface area contributed by atoms with Gasteiger partial charge in [-0.15, -0.1) is 0 Å². The van der Waals surface area contributed by atoms with Crippen molar-refractivity contribution in [1.82, 2.24) is 10.2 Å². The highest BCUT2D eigenvalue weighted by Crippen LogP contribution is 2.28. The van der Waals surface area contributed by atoms with Gasteiger partial charge in [-0.25, -0.2) is 0 Å². The van der Waals surface area contributed by atoms with E-state index in [2.05, 4.69) is 60.5 Å². The average molecular weight is 327 g/mol. The maximum absolute atomic E-state index is 5.55. The standard InChI is InChI=1S/C20H29N3O/c1-3-21-19(22-15-20(2)11-14-24-16-20)23-12-9-18(10-13-23)17-7-5-4-6-8-17/h4-9H,3,10-16H2,1-2H3,(H,21,22). The fourth-order valence-corrected chi connectivity index (χ4v) is 3.30. The van der Waals surface area contributed by atoms with Gasteiger partial charge < -0.3 is 15.0 Å². The van der Waals surface area contributed by atoms with Gasteiger partial charge in [0.1, 0.15) is 0 Å². The van der Waals surface area contributed by atoms with Crippen LogP contribution in [0.5, 0.6) is 0 Å². The molecule has 4 nitrogen and oxygen atoms in total. The lowest BCUT2D eigenvalue weighted by Crippen LogP contribution is -2.44. The SMILES string of the molecule is CCNC(=NCC1(C)CCOC1)N1CC=C(c2ccccc2)CC1. The number of benzene rings is 1. The average Bonchev–Trinajstić information content (AvgIpc) is 3.06. The summed E-state index contributed by atoms with van der Waals surface area (Å²) in [5.74, 6) is 1.04. The summed E-state index contributed by atoms with van der Waals surface area (Å²) in [6.07, 6.45) is 4.51. The highest BCUT2D eigenvalue weighted by atomic mass is 16.5. The molecule has 0 radical (unpaired) electrons. The van der Waals surface area contributed by atoms with E-state index in [1.54, 1.807) is 0 Å². The Morgan fingerprint density at radius 2 is 2.17 bits per heavy atom. The molecule has 130 valence electrons. The zero-order chi connectivity index (χ0) is 16.8. The Morgan fingerprint density at radius 1 is 1.33 bits per heavy atom. The van der Waals surface area contributed by atoms with Crippen molar-refractivity contribution >= 4 is 11.5 Å². The van der Waals surface area contributed by atoms with Crippen molar-refractivity contribution < 1.29 is 4.74 Å². The van der Waals surface area contributed by atoms with E-state index in [-0.39, 0.29) is 5.41 Å². The first kappa shape index (κ1) is 17.0. The minimum Gasteiger partial charge on any atom is -0.381 e. The summed E-state index contributed by atoms with van der Waals surface area (Å²) in [4.78, 5) is 7.27. The van der Waals surface area contributed by atoms with Crippen molar-refractivity contribution in [2.75, 3.05) is 39.4 Å². The van der Waals surface area contributed by atoms with Crippen LogP contribution in [0.4, 0.5) is 0 Å². The molecule has 0 amide bonds. The molecule has 2 aliphatic rings. The molecule has 1 N–H and O–H groups in total. The summed E-state index contributed by atoms with van der Waals surface area (Å²) < 4.78 is 5.55. The molecule has 1 saturated heterocycles. The Labute approximate surface area is 145 Å². The zero-order valence-electron chi connectivity index (χ0n) is 14.9. The van der Waals surface area contributed by atoms with Crippen LogP contribution in [0.2, 0.25) is 0 Å². The minimum atomic E-state index is 0.196. The Morgan fingerprint density at radius 3 is 2.79 bits per heavy atom. The molecule has 1 fully saturated rings. The highest BCUT2D eigenvalue weighted by Gasteiger charge is 2.30. The van der Waals surface area contributed by atoms with Crippen LogP contribution in [0.25, 0.3) is 5.57 Å². The maximum atomic E-state index is 5.55. The van der Waals surface area contributed by atoms with E-state index >= 15 is 0 Å². The monoisotopic (exact) mass is 327 g/mol. The number of rotatable bonds is 4. The molecule has 24 heavy (non-hydrogen) atoms. The molecule has 1 aromatic rings. The molecule has 3 rings (SSSR count).